The fourth-order valence-electron chi connectivity index (χ4n) is 10.7. The molecule has 610 valence electrons. The molecule has 0 heterocycles. The predicted octanol–water partition coefficient (Wildman–Crippen LogP) is -5.12. The number of aliphatic hydroxyl groups excluding tert-OH is 1. The van der Waals surface area contributed by atoms with Crippen molar-refractivity contribution in [1.82, 2.24) is 74.4 Å². The number of aliphatic carboxylic acids is 2. The largest absolute Gasteiger partial charge is 0.508 e. The van der Waals surface area contributed by atoms with Gasteiger partial charge in [-0.25, -0.2) is 4.79 Å². The van der Waals surface area contributed by atoms with Gasteiger partial charge in [-0.15, -0.1) is 0 Å². The zero-order valence-electron chi connectivity index (χ0n) is 63.2. The number of nitrogens with one attached hydrogen (secondary N) is 15. The summed E-state index contributed by atoms with van der Waals surface area (Å²) in [5.74, 6) is -19.2. The summed E-state index contributed by atoms with van der Waals surface area (Å²) in [6.45, 7) is 12.0. The second-order valence-electron chi connectivity index (χ2n) is 27.8. The van der Waals surface area contributed by atoms with E-state index in [4.69, 9.17) is 22.6 Å². The Morgan fingerprint density at radius 1 is 0.405 bits per heavy atom. The number of benzene rings is 3. The van der Waals surface area contributed by atoms with Crippen molar-refractivity contribution in [1.29, 1.82) is 5.41 Å². The van der Waals surface area contributed by atoms with Crippen LogP contribution in [0.5, 0.6) is 11.5 Å². The Morgan fingerprint density at radius 3 is 1.23 bits per heavy atom. The lowest BCUT2D eigenvalue weighted by atomic mass is 10.00. The molecule has 0 aliphatic rings. The summed E-state index contributed by atoms with van der Waals surface area (Å²) in [7, 11) is 0. The van der Waals surface area contributed by atoms with Gasteiger partial charge in [-0.1, -0.05) is 96.1 Å². The SMILES string of the molecule is CC(C)C[C@H](NC(=O)[C@H](CC(=O)O)NC(=O)[C@H](Cc1ccc(O)cc1)NC(=O)CNC(=O)[C@H](Cc1ccccc1)NC(=O)[C@H](CC(N)=O)NC(=O)[C@H](CO)NC(=O)[C@@H](NC(=O)[C@H](C)NC(=O)[C@H](C)NC(=O)[C@H](C)NC(=O)[C@@H](N)CC(C)C)C(C)C)C(=O)N[C@@H](Cc1ccc(O)cc1)C(=O)N[C@@H](CCCNC(=N)N)C(=O)O. The van der Waals surface area contributed by atoms with Crippen LogP contribution in [0.4, 0.5) is 0 Å². The van der Waals surface area contributed by atoms with Gasteiger partial charge in [0.15, 0.2) is 5.96 Å². The first-order valence-electron chi connectivity index (χ1n) is 35.8. The predicted molar refractivity (Wildman–Crippen MR) is 399 cm³/mol. The number of phenols is 2. The van der Waals surface area contributed by atoms with E-state index in [1.165, 1.54) is 83.1 Å². The second kappa shape index (κ2) is 46.4. The second-order valence-corrected chi connectivity index (χ2v) is 27.8. The summed E-state index contributed by atoms with van der Waals surface area (Å²) in [6, 6.07) is -1.22. The quantitative estimate of drug-likeness (QED) is 0.0143. The van der Waals surface area contributed by atoms with Gasteiger partial charge in [-0.05, 0) is 105 Å². The van der Waals surface area contributed by atoms with Crippen molar-refractivity contribution in [3.05, 3.63) is 95.6 Å². The molecule has 0 saturated carbocycles. The maximum absolute atomic E-state index is 14.4. The van der Waals surface area contributed by atoms with Crippen LogP contribution in [0.3, 0.4) is 0 Å². The van der Waals surface area contributed by atoms with Gasteiger partial charge in [-0.2, -0.15) is 0 Å². The third-order valence-corrected chi connectivity index (χ3v) is 16.7. The number of guanidine groups is 1. The number of amides is 14. The number of aromatic hydroxyl groups is 2. The molecule has 3 aromatic carbocycles. The van der Waals surface area contributed by atoms with E-state index in [1.54, 1.807) is 44.2 Å². The molecule has 39 heteroatoms. The molecule has 0 fully saturated rings. The van der Waals surface area contributed by atoms with Crippen molar-refractivity contribution in [2.45, 2.75) is 199 Å². The Morgan fingerprint density at radius 2 is 0.793 bits per heavy atom. The highest BCUT2D eigenvalue weighted by Crippen LogP contribution is 2.16. The third kappa shape index (κ3) is 34.4. The number of carboxylic acids is 2. The monoisotopic (exact) mass is 1560 g/mol. The summed E-state index contributed by atoms with van der Waals surface area (Å²) >= 11 is 0. The van der Waals surface area contributed by atoms with Gasteiger partial charge in [0, 0.05) is 25.8 Å². The Bertz CT molecular complexity index is 3740. The van der Waals surface area contributed by atoms with E-state index in [0.29, 0.717) is 17.5 Å². The van der Waals surface area contributed by atoms with E-state index in [0.717, 1.165) is 0 Å². The molecule has 3 rings (SSSR count). The van der Waals surface area contributed by atoms with E-state index in [-0.39, 0.29) is 67.6 Å². The van der Waals surface area contributed by atoms with Gasteiger partial charge in [0.25, 0.3) is 0 Å². The van der Waals surface area contributed by atoms with Crippen molar-refractivity contribution in [2.75, 3.05) is 19.7 Å². The van der Waals surface area contributed by atoms with Crippen molar-refractivity contribution in [3.63, 3.8) is 0 Å². The van der Waals surface area contributed by atoms with Crippen molar-refractivity contribution in [2.24, 2.45) is 35.0 Å². The number of phenolic OH excluding ortho intramolecular Hbond substituents is 2. The first kappa shape index (κ1) is 93.2. The van der Waals surface area contributed by atoms with E-state index in [9.17, 15) is 102 Å². The zero-order chi connectivity index (χ0) is 83.5. The van der Waals surface area contributed by atoms with Crippen molar-refractivity contribution < 1.29 is 102 Å². The van der Waals surface area contributed by atoms with E-state index in [1.807, 2.05) is 13.8 Å². The Hall–Kier alpha value is -12.0. The molecule has 0 radical (unpaired) electrons. The van der Waals surface area contributed by atoms with E-state index < -0.39 is 217 Å². The summed E-state index contributed by atoms with van der Waals surface area (Å²) < 4.78 is 0. The Kier molecular flexibility index (Phi) is 38.9. The number of aliphatic hydroxyl groups is 1. The van der Waals surface area contributed by atoms with Crippen LogP contribution in [-0.2, 0) is 96.0 Å². The minimum absolute atomic E-state index is 0.0817. The summed E-state index contributed by atoms with van der Waals surface area (Å²) in [5.41, 5.74) is 17.8. The van der Waals surface area contributed by atoms with Crippen LogP contribution < -0.4 is 91.6 Å². The third-order valence-electron chi connectivity index (χ3n) is 16.7. The molecule has 0 aromatic heterocycles. The molecule has 0 aliphatic heterocycles. The topological polar surface area (TPSA) is 645 Å². The number of rotatable bonds is 47. The maximum Gasteiger partial charge on any atom is 0.326 e. The van der Waals surface area contributed by atoms with Crippen LogP contribution >= 0.6 is 0 Å². The number of primary amides is 1. The van der Waals surface area contributed by atoms with Crippen LogP contribution in [0.2, 0.25) is 0 Å². The fourth-order valence-corrected chi connectivity index (χ4v) is 10.7. The van der Waals surface area contributed by atoms with Gasteiger partial charge >= 0.3 is 11.9 Å². The van der Waals surface area contributed by atoms with Gasteiger partial charge in [0.2, 0.25) is 82.7 Å². The van der Waals surface area contributed by atoms with Gasteiger partial charge in [0.05, 0.1) is 32.0 Å². The molecule has 111 heavy (non-hydrogen) atoms. The van der Waals surface area contributed by atoms with Crippen LogP contribution in [0.1, 0.15) is 118 Å². The van der Waals surface area contributed by atoms with Gasteiger partial charge < -0.3 is 117 Å². The van der Waals surface area contributed by atoms with Crippen LogP contribution in [0.25, 0.3) is 0 Å². The average molecular weight is 1560 g/mol. The molecule has 39 nitrogen and oxygen atoms in total. The number of carbonyl (C=O) groups excluding carboxylic acids is 14. The number of carboxylic acid groups (broad SMARTS) is 2. The Labute approximate surface area is 640 Å². The highest BCUT2D eigenvalue weighted by Gasteiger charge is 2.38. The highest BCUT2D eigenvalue weighted by molar-refractivity contribution is 6.01. The van der Waals surface area contributed by atoms with Crippen molar-refractivity contribution >= 4 is 101 Å². The van der Waals surface area contributed by atoms with Crippen molar-refractivity contribution in [3.8, 4) is 11.5 Å². The number of hydrogen-bond acceptors (Lipinski definition) is 21. The number of nitrogens with two attached hydrogens (primary N) is 3. The van der Waals surface area contributed by atoms with E-state index >= 15 is 0 Å². The van der Waals surface area contributed by atoms with Gasteiger partial charge in [0.1, 0.15) is 84.0 Å². The Balaban J connectivity index is 1.85. The number of carbonyl (C=O) groups is 16. The molecule has 13 atom stereocenters. The first-order chi connectivity index (χ1) is 52.1. The summed E-state index contributed by atoms with van der Waals surface area (Å²) in [5, 5.41) is 91.4. The first-order valence-corrected chi connectivity index (χ1v) is 35.8. The van der Waals surface area contributed by atoms with Crippen LogP contribution in [0, 0.1) is 23.2 Å². The van der Waals surface area contributed by atoms with Crippen LogP contribution in [0.15, 0.2) is 78.9 Å². The normalized spacial score (nSPS) is 14.6. The zero-order valence-corrected chi connectivity index (χ0v) is 63.2. The van der Waals surface area contributed by atoms with E-state index in [2.05, 4.69) is 74.4 Å². The summed E-state index contributed by atoms with van der Waals surface area (Å²) in [4.78, 5) is 216. The molecule has 0 aliphatic carbocycles. The molecule has 14 amide bonds. The smallest absolute Gasteiger partial charge is 0.326 e. The molecular formula is C72H106N18O21. The molecule has 26 N–H and O–H groups in total. The molecule has 0 spiro atoms. The van der Waals surface area contributed by atoms with Gasteiger partial charge in [-0.3, -0.25) is 77.3 Å². The lowest BCUT2D eigenvalue weighted by molar-refractivity contribution is -0.142. The molecule has 0 saturated heterocycles. The molecular weight excluding hydrogens is 1450 g/mol. The van der Waals surface area contributed by atoms with Crippen LogP contribution in [-0.4, -0.2) is 224 Å². The summed E-state index contributed by atoms with van der Waals surface area (Å²) in [6.07, 6.45) is -2.92. The minimum Gasteiger partial charge on any atom is -0.508 e. The standard InChI is InChI=1S/C72H106N18O21/c1-35(2)26-46(73)62(101)81-39(8)60(99)79-38(7)59(98)80-40(9)61(100)90-58(37(5)6)70(109)89-54(34-91)69(108)87-52(31-55(74)94)67(106)85-49(28-41-14-11-10-12-15-41)63(102)78-33-56(95)82-50(29-42-17-21-44(92)22-18-42)65(104)88-53(32-57(96)97)68(107)84-48(27-36(3)4)64(103)86-51(30-43-19-23-45(93)24-20-43)66(105)83-47(71(110)111)16-13-25-77-72(75)76/h10-12,14-15,17-24,35-40,46-54,58,91-93H,13,16,25-34,73H2,1-9H3,(H2,74,94)(H,78,102)(H,79,99)(H,80,98)(H,81,101)(H,82,95)(H,83,105)(H,84,107)(H,85,106)(H,86,103)(H,87,108)(H,88,104)(H,89,109)(H,90,100)(H,96,97)(H,110,111)(H4,75,76,77)/t38-,39-,40-,46-,47-,48-,49-,50-,51-,52-,53-,54-,58-/m0/s1. The molecule has 0 unspecified atom stereocenters. The molecule has 0 bridgehead atoms. The highest BCUT2D eigenvalue weighted by atomic mass is 16.4. The minimum atomic E-state index is -2.00. The fraction of sp³-hybridized carbons (Fsp3) is 0.514. The lowest BCUT2D eigenvalue weighted by Gasteiger charge is -2.27. The lowest BCUT2D eigenvalue weighted by Crippen LogP contribution is -2.61. The molecule has 3 aromatic rings. The maximum atomic E-state index is 14.4. The average Bonchev–Trinajstić information content (AvgIpc) is 0.854. The number of hydrogen-bond donors (Lipinski definition) is 23.